The van der Waals surface area contributed by atoms with Crippen molar-refractivity contribution in [3.8, 4) is 0 Å². The van der Waals surface area contributed by atoms with E-state index in [1.165, 1.54) is 11.8 Å². The predicted molar refractivity (Wildman–Crippen MR) is 119 cm³/mol. The van der Waals surface area contributed by atoms with Crippen LogP contribution in [-0.2, 0) is 14.4 Å². The first kappa shape index (κ1) is 22.8. The summed E-state index contributed by atoms with van der Waals surface area (Å²) in [5, 5.41) is 10.8. The Morgan fingerprint density at radius 1 is 1.21 bits per heavy atom. The van der Waals surface area contributed by atoms with Crippen LogP contribution in [0.5, 0.6) is 0 Å². The van der Waals surface area contributed by atoms with Crippen LogP contribution < -0.4 is 5.32 Å². The molecule has 6 nitrogen and oxygen atoms in total. The van der Waals surface area contributed by atoms with Crippen molar-refractivity contribution in [3.05, 3.63) is 52.4 Å². The molecule has 2 N–H and O–H groups in total. The molecule has 1 aliphatic rings. The Morgan fingerprint density at radius 3 is 2.62 bits per heavy atom. The minimum atomic E-state index is -1.06. The number of hydrogen-bond donors (Lipinski definition) is 2. The normalized spacial score (nSPS) is 15.8. The summed E-state index contributed by atoms with van der Waals surface area (Å²) >= 11 is 6.65. The molecule has 1 heterocycles. The Labute approximate surface area is 180 Å². The first-order valence-electron chi connectivity index (χ1n) is 9.34. The van der Waals surface area contributed by atoms with E-state index in [2.05, 4.69) is 5.32 Å². The molecule has 29 heavy (non-hydrogen) atoms. The van der Waals surface area contributed by atoms with Crippen molar-refractivity contribution < 1.29 is 19.5 Å². The van der Waals surface area contributed by atoms with E-state index in [1.54, 1.807) is 4.90 Å². The maximum absolute atomic E-state index is 12.6. The number of carbonyl (C=O) groups is 3. The second kappa shape index (κ2) is 11.5. The number of allylic oxidation sites excluding steroid dienone is 2. The van der Waals surface area contributed by atoms with E-state index in [0.717, 1.165) is 24.0 Å². The third-order valence-corrected chi connectivity index (χ3v) is 5.53. The molecule has 0 radical (unpaired) electrons. The summed E-state index contributed by atoms with van der Waals surface area (Å²) in [7, 11) is 0. The molecule has 0 spiro atoms. The summed E-state index contributed by atoms with van der Waals surface area (Å²) in [5.74, 6) is -1.42. The molecule has 0 bridgehead atoms. The van der Waals surface area contributed by atoms with E-state index >= 15 is 0 Å². The highest BCUT2D eigenvalue weighted by atomic mass is 32.2. The van der Waals surface area contributed by atoms with E-state index in [4.69, 9.17) is 17.3 Å². The van der Waals surface area contributed by atoms with Crippen molar-refractivity contribution in [3.63, 3.8) is 0 Å². The highest BCUT2D eigenvalue weighted by molar-refractivity contribution is 8.26. The van der Waals surface area contributed by atoms with Crippen molar-refractivity contribution in [1.29, 1.82) is 0 Å². The van der Waals surface area contributed by atoms with Crippen molar-refractivity contribution in [2.45, 2.75) is 32.6 Å². The molecule has 0 aliphatic carbocycles. The molecule has 2 rings (SSSR count). The molecular weight excluding hydrogens is 408 g/mol. The fraction of sp³-hybridized carbons (Fsp3) is 0.333. The highest BCUT2D eigenvalue weighted by Gasteiger charge is 2.31. The van der Waals surface area contributed by atoms with Gasteiger partial charge in [0.25, 0.3) is 5.91 Å². The first-order valence-corrected chi connectivity index (χ1v) is 10.6. The third kappa shape index (κ3) is 7.83. The molecule has 0 saturated carbocycles. The predicted octanol–water partition coefficient (Wildman–Crippen LogP) is 3.60. The first-order chi connectivity index (χ1) is 13.9. The second-order valence-corrected chi connectivity index (χ2v) is 8.29. The molecule has 2 amide bonds. The van der Waals surface area contributed by atoms with Gasteiger partial charge in [-0.3, -0.25) is 19.3 Å². The van der Waals surface area contributed by atoms with E-state index < -0.39 is 5.97 Å². The number of aliphatic carboxylic acids is 1. The molecule has 0 unspecified atom stereocenters. The average molecular weight is 433 g/mol. The smallest absolute Gasteiger partial charge is 0.322 e. The van der Waals surface area contributed by atoms with E-state index in [-0.39, 0.29) is 24.8 Å². The summed E-state index contributed by atoms with van der Waals surface area (Å²) in [6.45, 7) is 2.11. The number of nitrogens with zero attached hydrogens (tertiary/aromatic N) is 1. The molecule has 154 valence electrons. The van der Waals surface area contributed by atoms with Gasteiger partial charge in [-0.1, -0.05) is 66.8 Å². The number of carbonyl (C=O) groups excluding carboxylic acids is 2. The molecular formula is C21H24N2O4S2. The SMILES string of the molecule is CC(/C=C1\SC(=S)N(CCCCCC(=O)NCC(=O)O)C1=O)=C\c1ccccc1. The van der Waals surface area contributed by atoms with Gasteiger partial charge < -0.3 is 10.4 Å². The number of thiocarbonyl (C=S) groups is 1. The number of amides is 2. The number of hydrogen-bond acceptors (Lipinski definition) is 5. The number of carboxylic acids is 1. The number of benzene rings is 1. The van der Waals surface area contributed by atoms with Gasteiger partial charge in [0.1, 0.15) is 10.9 Å². The zero-order valence-electron chi connectivity index (χ0n) is 16.2. The maximum atomic E-state index is 12.6. The molecule has 8 heteroatoms. The molecule has 1 fully saturated rings. The van der Waals surface area contributed by atoms with Gasteiger partial charge in [0.2, 0.25) is 5.91 Å². The Kier molecular flexibility index (Phi) is 9.08. The quantitative estimate of drug-likeness (QED) is 0.334. The van der Waals surface area contributed by atoms with Crippen molar-refractivity contribution >= 4 is 52.2 Å². The zero-order valence-corrected chi connectivity index (χ0v) is 17.9. The molecule has 0 atom stereocenters. The Hall–Kier alpha value is -2.45. The summed E-state index contributed by atoms with van der Waals surface area (Å²) in [6, 6.07) is 9.90. The van der Waals surface area contributed by atoms with Gasteiger partial charge >= 0.3 is 5.97 Å². The van der Waals surface area contributed by atoms with Crippen molar-refractivity contribution in [2.75, 3.05) is 13.1 Å². The molecule has 1 saturated heterocycles. The minimum absolute atomic E-state index is 0.0833. The van der Waals surface area contributed by atoms with Gasteiger partial charge in [-0.2, -0.15) is 0 Å². The van der Waals surface area contributed by atoms with Crippen LogP contribution in [-0.4, -0.2) is 45.2 Å². The lowest BCUT2D eigenvalue weighted by molar-refractivity contribution is -0.137. The number of thioether (sulfide) groups is 1. The van der Waals surface area contributed by atoms with Crippen molar-refractivity contribution in [2.24, 2.45) is 0 Å². The lowest BCUT2D eigenvalue weighted by Crippen LogP contribution is -2.29. The topological polar surface area (TPSA) is 86.7 Å². The number of unbranched alkanes of at least 4 members (excludes halogenated alkanes) is 2. The van der Waals surface area contributed by atoms with Gasteiger partial charge in [-0.25, -0.2) is 0 Å². The fourth-order valence-corrected chi connectivity index (χ4v) is 4.11. The van der Waals surface area contributed by atoms with E-state index in [9.17, 15) is 14.4 Å². The fourth-order valence-electron chi connectivity index (χ4n) is 2.75. The summed E-state index contributed by atoms with van der Waals surface area (Å²) < 4.78 is 0.549. The Balaban J connectivity index is 1.79. The number of rotatable bonds is 10. The lowest BCUT2D eigenvalue weighted by Gasteiger charge is -2.14. The molecule has 0 aromatic heterocycles. The number of nitrogens with one attached hydrogen (secondary N) is 1. The van der Waals surface area contributed by atoms with Gasteiger partial charge in [-0.15, -0.1) is 0 Å². The van der Waals surface area contributed by atoms with E-state index in [1.807, 2.05) is 49.4 Å². The zero-order chi connectivity index (χ0) is 21.2. The largest absolute Gasteiger partial charge is 0.480 e. The summed E-state index contributed by atoms with van der Waals surface area (Å²) in [6.07, 6.45) is 6.26. The highest BCUT2D eigenvalue weighted by Crippen LogP contribution is 2.32. The molecule has 1 aromatic carbocycles. The van der Waals surface area contributed by atoms with Crippen molar-refractivity contribution in [1.82, 2.24) is 10.2 Å². The third-order valence-electron chi connectivity index (χ3n) is 4.15. The van der Waals surface area contributed by atoms with Gasteiger partial charge in [0, 0.05) is 13.0 Å². The summed E-state index contributed by atoms with van der Waals surface area (Å²) in [4.78, 5) is 36.7. The van der Waals surface area contributed by atoms with Crippen LogP contribution in [0, 0.1) is 0 Å². The van der Waals surface area contributed by atoms with Crippen LogP contribution in [0.4, 0.5) is 0 Å². The molecule has 1 aromatic rings. The van der Waals surface area contributed by atoms with Gasteiger partial charge in [0.15, 0.2) is 0 Å². The Bertz CT molecular complexity index is 834. The van der Waals surface area contributed by atoms with E-state index in [0.29, 0.717) is 22.2 Å². The minimum Gasteiger partial charge on any atom is -0.480 e. The van der Waals surface area contributed by atoms with Crippen LogP contribution in [0.3, 0.4) is 0 Å². The van der Waals surface area contributed by atoms with Gasteiger partial charge in [0.05, 0.1) is 4.91 Å². The lowest BCUT2D eigenvalue weighted by atomic mass is 10.1. The maximum Gasteiger partial charge on any atom is 0.322 e. The van der Waals surface area contributed by atoms with Crippen LogP contribution >= 0.6 is 24.0 Å². The molecule has 1 aliphatic heterocycles. The van der Waals surface area contributed by atoms with Crippen LogP contribution in [0.2, 0.25) is 0 Å². The standard InChI is InChI=1S/C21H24N2O4S2/c1-15(12-16-8-4-2-5-9-16)13-17-20(27)23(21(28)29-17)11-7-3-6-10-18(24)22-14-19(25)26/h2,4-5,8-9,12-13H,3,6-7,10-11,14H2,1H3,(H,22,24)(H,25,26)/b15-12+,17-13-. The second-order valence-electron chi connectivity index (χ2n) is 6.61. The average Bonchev–Trinajstić information content (AvgIpc) is 2.93. The Morgan fingerprint density at radius 2 is 1.93 bits per heavy atom. The summed E-state index contributed by atoms with van der Waals surface area (Å²) in [5.41, 5.74) is 2.05. The van der Waals surface area contributed by atoms with Crippen LogP contribution in [0.1, 0.15) is 38.2 Å². The monoisotopic (exact) mass is 432 g/mol. The van der Waals surface area contributed by atoms with Crippen LogP contribution in [0.15, 0.2) is 46.9 Å². The van der Waals surface area contributed by atoms with Gasteiger partial charge in [-0.05, 0) is 37.0 Å². The van der Waals surface area contributed by atoms with Crippen LogP contribution in [0.25, 0.3) is 6.08 Å². The number of carboxylic acid groups (broad SMARTS) is 1.